The standard InChI is InChI=1S/C55H60N4O17/c1-30-24-39-46(47-43(59(3)55(65)76-47)51(71-39)72-41-26-38(42-40(69-41)29-68-54(64)58-42)70-48(60)34-20-12-6-13-21-34)75-50(30)74-45-31(2)44(73-49(61)35-22-14-7-15-23-35)36(56-52(62)66-27-32-16-8-4-9-17-32)25-37(45)57-53(63)67-28-33-18-10-5-11-19-33/h4-23,30-31,36-47,50-51H,24-29H2,1-3H3,(H,56,62)(H,57,63)(H,58,64)/t30-,31+,36+,37?,38+,39-,40?,41+,42-,43?,44?,45-,46?,47?,50-,51?/m0/s1. The maximum absolute atomic E-state index is 13.8. The molecule has 76 heavy (non-hydrogen) atoms. The van der Waals surface area contributed by atoms with Crippen LogP contribution in [-0.4, -0.2) is 141 Å². The minimum atomic E-state index is -1.13. The van der Waals surface area contributed by atoms with E-state index in [1.165, 1.54) is 4.90 Å². The van der Waals surface area contributed by atoms with Crippen molar-refractivity contribution in [3.05, 3.63) is 144 Å². The van der Waals surface area contributed by atoms with Crippen LogP contribution in [0.2, 0.25) is 0 Å². The van der Waals surface area contributed by atoms with E-state index in [2.05, 4.69) is 16.0 Å². The van der Waals surface area contributed by atoms with Crippen molar-refractivity contribution < 1.29 is 80.9 Å². The summed E-state index contributed by atoms with van der Waals surface area (Å²) in [5.74, 6) is -2.38. The highest BCUT2D eigenvalue weighted by Gasteiger charge is 2.60. The number of esters is 2. The Morgan fingerprint density at radius 1 is 0.632 bits per heavy atom. The maximum atomic E-state index is 13.8. The number of nitrogens with zero attached hydrogens (tertiary/aromatic N) is 1. The molecule has 4 aromatic carbocycles. The van der Waals surface area contributed by atoms with Gasteiger partial charge in [0.1, 0.15) is 50.3 Å². The van der Waals surface area contributed by atoms with Crippen LogP contribution in [0.25, 0.3) is 0 Å². The molecule has 4 aromatic rings. The van der Waals surface area contributed by atoms with Crippen LogP contribution in [0.4, 0.5) is 19.2 Å². The van der Waals surface area contributed by atoms with Crippen molar-refractivity contribution >= 4 is 36.3 Å². The first-order valence-electron chi connectivity index (χ1n) is 25.5. The first kappa shape index (κ1) is 52.2. The van der Waals surface area contributed by atoms with Gasteiger partial charge in [0.05, 0.1) is 41.5 Å². The summed E-state index contributed by atoms with van der Waals surface area (Å²) in [6, 6.07) is 31.8. The van der Waals surface area contributed by atoms with E-state index in [1.54, 1.807) is 74.6 Å². The highest BCUT2D eigenvalue weighted by molar-refractivity contribution is 5.90. The molecule has 0 radical (unpaired) electrons. The number of hydrogen-bond acceptors (Lipinski definition) is 17. The van der Waals surface area contributed by atoms with Crippen molar-refractivity contribution in [3.8, 4) is 0 Å². The predicted molar refractivity (Wildman–Crippen MR) is 263 cm³/mol. The quantitative estimate of drug-likeness (QED) is 0.0970. The number of carbonyl (C=O) groups excluding carboxylic acids is 6. The van der Waals surface area contributed by atoms with Gasteiger partial charge in [0.15, 0.2) is 25.0 Å². The van der Waals surface area contributed by atoms with Gasteiger partial charge in [0, 0.05) is 25.3 Å². The summed E-state index contributed by atoms with van der Waals surface area (Å²) in [5, 5.41) is 8.59. The zero-order chi connectivity index (χ0) is 52.9. The highest BCUT2D eigenvalue weighted by Crippen LogP contribution is 2.43. The van der Waals surface area contributed by atoms with Crippen molar-refractivity contribution in [3.63, 3.8) is 0 Å². The van der Waals surface area contributed by atoms with Crippen LogP contribution in [0.3, 0.4) is 0 Å². The number of cyclic esters (lactones) is 1. The van der Waals surface area contributed by atoms with Gasteiger partial charge in [-0.1, -0.05) is 111 Å². The average molecular weight is 1050 g/mol. The number of hydrogen-bond donors (Lipinski definition) is 3. The Labute approximate surface area is 438 Å². The van der Waals surface area contributed by atoms with Gasteiger partial charge < -0.3 is 68.1 Å². The first-order chi connectivity index (χ1) is 36.8. The van der Waals surface area contributed by atoms with Gasteiger partial charge in [0.2, 0.25) is 0 Å². The Kier molecular flexibility index (Phi) is 16.0. The number of nitrogens with one attached hydrogen (secondary N) is 3. The highest BCUT2D eigenvalue weighted by atomic mass is 16.8. The van der Waals surface area contributed by atoms with Crippen molar-refractivity contribution in [2.45, 2.75) is 132 Å². The monoisotopic (exact) mass is 1050 g/mol. The van der Waals surface area contributed by atoms with Crippen LogP contribution in [0.5, 0.6) is 0 Å². The Morgan fingerprint density at radius 3 is 1.80 bits per heavy atom. The molecule has 16 atom stereocenters. The molecular weight excluding hydrogens is 989 g/mol. The van der Waals surface area contributed by atoms with E-state index < -0.39 is 134 Å². The lowest BCUT2D eigenvalue weighted by Gasteiger charge is -2.51. The second kappa shape index (κ2) is 23.3. The van der Waals surface area contributed by atoms with Crippen molar-refractivity contribution in [2.75, 3.05) is 13.7 Å². The van der Waals surface area contributed by atoms with Gasteiger partial charge in [-0.05, 0) is 48.2 Å². The molecule has 6 aliphatic rings. The number of alkyl carbamates (subject to hydrolysis) is 3. The largest absolute Gasteiger partial charge is 0.456 e. The van der Waals surface area contributed by atoms with Gasteiger partial charge in [-0.25, -0.2) is 28.8 Å². The van der Waals surface area contributed by atoms with Gasteiger partial charge in [-0.15, -0.1) is 0 Å². The number of likely N-dealkylation sites (N-methyl/N-ethyl adjacent to an activating group) is 1. The molecule has 21 nitrogen and oxygen atoms in total. The molecule has 1 saturated carbocycles. The fourth-order valence-corrected chi connectivity index (χ4v) is 10.8. The molecule has 0 spiro atoms. The first-order valence-corrected chi connectivity index (χ1v) is 25.5. The van der Waals surface area contributed by atoms with Crippen molar-refractivity contribution in [1.82, 2.24) is 20.9 Å². The van der Waals surface area contributed by atoms with Gasteiger partial charge in [-0.3, -0.25) is 4.90 Å². The molecule has 5 aliphatic heterocycles. The van der Waals surface area contributed by atoms with E-state index in [0.29, 0.717) is 12.0 Å². The number of benzene rings is 4. The third-order valence-electron chi connectivity index (χ3n) is 14.6. The van der Waals surface area contributed by atoms with E-state index in [0.717, 1.165) is 11.1 Å². The molecule has 6 fully saturated rings. The number of fused-ring (bicyclic) bond motifs is 4. The molecular formula is C55H60N4O17. The fraction of sp³-hybridized carbons (Fsp3) is 0.455. The zero-order valence-electron chi connectivity index (χ0n) is 41.9. The van der Waals surface area contributed by atoms with Crippen LogP contribution in [0.1, 0.15) is 65.0 Å². The molecule has 1 aliphatic carbocycles. The Balaban J connectivity index is 0.876. The van der Waals surface area contributed by atoms with Gasteiger partial charge >= 0.3 is 36.3 Å². The molecule has 21 heteroatoms. The minimum Gasteiger partial charge on any atom is -0.456 e. The number of amides is 4. The Morgan fingerprint density at radius 2 is 1.20 bits per heavy atom. The van der Waals surface area contributed by atoms with E-state index >= 15 is 0 Å². The molecule has 10 rings (SSSR count). The molecule has 4 amide bonds. The third-order valence-corrected chi connectivity index (χ3v) is 14.6. The smallest absolute Gasteiger partial charge is 0.410 e. The topological polar surface area (TPSA) is 243 Å². The van der Waals surface area contributed by atoms with Crippen LogP contribution in [-0.2, 0) is 65.3 Å². The lowest BCUT2D eigenvalue weighted by atomic mass is 9.78. The summed E-state index contributed by atoms with van der Waals surface area (Å²) < 4.78 is 68.1. The number of ether oxygens (including phenoxy) is 11. The van der Waals surface area contributed by atoms with E-state index in [4.69, 9.17) is 52.1 Å². The van der Waals surface area contributed by atoms with Crippen molar-refractivity contribution in [1.29, 1.82) is 0 Å². The zero-order valence-corrected chi connectivity index (χ0v) is 41.9. The maximum Gasteiger partial charge on any atom is 0.410 e. The molecule has 0 bridgehead atoms. The molecule has 5 heterocycles. The predicted octanol–water partition coefficient (Wildman–Crippen LogP) is 5.99. The molecule has 7 unspecified atom stereocenters. The normalized spacial score (nSPS) is 32.5. The van der Waals surface area contributed by atoms with Crippen LogP contribution in [0, 0.1) is 11.8 Å². The summed E-state index contributed by atoms with van der Waals surface area (Å²) in [6.07, 6.45) is -11.9. The minimum absolute atomic E-state index is 0.000652. The molecule has 5 saturated heterocycles. The van der Waals surface area contributed by atoms with Crippen LogP contribution in [0.15, 0.2) is 121 Å². The van der Waals surface area contributed by atoms with Crippen LogP contribution < -0.4 is 16.0 Å². The summed E-state index contributed by atoms with van der Waals surface area (Å²) in [5.41, 5.74) is 2.12. The van der Waals surface area contributed by atoms with E-state index in [9.17, 15) is 28.8 Å². The lowest BCUT2D eigenvalue weighted by Crippen LogP contribution is -2.67. The molecule has 3 N–H and O–H groups in total. The summed E-state index contributed by atoms with van der Waals surface area (Å²) in [6.45, 7) is 3.51. The fourth-order valence-electron chi connectivity index (χ4n) is 10.8. The number of rotatable bonds is 14. The van der Waals surface area contributed by atoms with E-state index in [1.807, 2.05) is 67.6 Å². The third kappa shape index (κ3) is 11.9. The Bertz CT molecular complexity index is 2670. The summed E-state index contributed by atoms with van der Waals surface area (Å²) in [4.78, 5) is 81.6. The van der Waals surface area contributed by atoms with E-state index in [-0.39, 0.29) is 38.2 Å². The Hall–Kier alpha value is -7.30. The van der Waals surface area contributed by atoms with Crippen molar-refractivity contribution in [2.24, 2.45) is 11.8 Å². The SMILES string of the molecule is C[C@@H]1C(OC(=O)c2ccccc2)[C@H](NC(=O)OCc2ccccc2)CC(NC(=O)OCc2ccccc2)[C@H]1O[C@H]1OC2C3OC(=O)N(C)C3C(O[C@@H]3C[C@@H](OC(=O)c4ccccc4)[C@@H]4NC(=O)OCC4O3)O[C@H]2C[C@@H]1C. The molecule has 0 aromatic heterocycles. The molecule has 402 valence electrons. The van der Waals surface area contributed by atoms with Gasteiger partial charge in [-0.2, -0.15) is 0 Å². The van der Waals surface area contributed by atoms with Gasteiger partial charge in [0.25, 0.3) is 0 Å². The lowest BCUT2D eigenvalue weighted by molar-refractivity contribution is -0.364. The average Bonchev–Trinajstić information content (AvgIpc) is 3.76. The number of carbonyl (C=O) groups is 6. The second-order valence-corrected chi connectivity index (χ2v) is 19.8. The summed E-state index contributed by atoms with van der Waals surface area (Å²) in [7, 11) is 1.55. The van der Waals surface area contributed by atoms with Crippen LogP contribution >= 0.6 is 0 Å². The second-order valence-electron chi connectivity index (χ2n) is 19.8. The summed E-state index contributed by atoms with van der Waals surface area (Å²) >= 11 is 0.